The van der Waals surface area contributed by atoms with E-state index in [1.807, 2.05) is 32.0 Å². The van der Waals surface area contributed by atoms with E-state index in [2.05, 4.69) is 20.8 Å². The van der Waals surface area contributed by atoms with Gasteiger partial charge in [0, 0.05) is 12.1 Å². The number of urea groups is 1. The molecule has 0 radical (unpaired) electrons. The van der Waals surface area contributed by atoms with Crippen molar-refractivity contribution in [2.24, 2.45) is 0 Å². The van der Waals surface area contributed by atoms with E-state index < -0.39 is 11.9 Å². The molecule has 0 saturated carbocycles. The van der Waals surface area contributed by atoms with Crippen molar-refractivity contribution in [3.05, 3.63) is 29.3 Å². The van der Waals surface area contributed by atoms with Gasteiger partial charge in [-0.15, -0.1) is 10.2 Å². The van der Waals surface area contributed by atoms with E-state index in [9.17, 15) is 9.59 Å². The minimum absolute atomic E-state index is 0.0195. The van der Waals surface area contributed by atoms with Crippen LogP contribution in [0.3, 0.4) is 0 Å². The van der Waals surface area contributed by atoms with E-state index in [0.29, 0.717) is 12.4 Å². The largest absolute Gasteiger partial charge is 0.411 e. The first kappa shape index (κ1) is 17.0. The van der Waals surface area contributed by atoms with Crippen molar-refractivity contribution in [2.45, 2.75) is 26.0 Å². The molecular formula is C15H18N4O3S. The summed E-state index contributed by atoms with van der Waals surface area (Å²) in [5, 5.41) is 12.8. The average molecular weight is 334 g/mol. The van der Waals surface area contributed by atoms with Crippen LogP contribution < -0.4 is 10.6 Å². The maximum absolute atomic E-state index is 11.6. The Labute approximate surface area is 138 Å². The Bertz CT molecular complexity index is 714. The SMILES string of the molecule is CCNC(=O)NC(=O)CSc1nnc(-c2ccc(C)c(C)c2)o1. The van der Waals surface area contributed by atoms with Gasteiger partial charge in [-0.2, -0.15) is 0 Å². The highest BCUT2D eigenvalue weighted by molar-refractivity contribution is 7.99. The zero-order valence-electron chi connectivity index (χ0n) is 13.2. The van der Waals surface area contributed by atoms with Crippen LogP contribution in [0, 0.1) is 13.8 Å². The predicted octanol–water partition coefficient (Wildman–Crippen LogP) is 2.29. The van der Waals surface area contributed by atoms with Gasteiger partial charge in [-0.3, -0.25) is 10.1 Å². The first-order chi connectivity index (χ1) is 11.0. The Hall–Kier alpha value is -2.35. The molecule has 0 unspecified atom stereocenters. The van der Waals surface area contributed by atoms with Crippen LogP contribution >= 0.6 is 11.8 Å². The highest BCUT2D eigenvalue weighted by Crippen LogP contribution is 2.24. The molecule has 7 nitrogen and oxygen atoms in total. The van der Waals surface area contributed by atoms with E-state index >= 15 is 0 Å². The maximum atomic E-state index is 11.6. The molecule has 1 heterocycles. The summed E-state index contributed by atoms with van der Waals surface area (Å²) in [6, 6.07) is 5.35. The number of nitrogens with zero attached hydrogens (tertiary/aromatic N) is 2. The lowest BCUT2D eigenvalue weighted by atomic mass is 10.1. The topological polar surface area (TPSA) is 97.1 Å². The summed E-state index contributed by atoms with van der Waals surface area (Å²) in [6.45, 7) is 6.26. The fraction of sp³-hybridized carbons (Fsp3) is 0.333. The van der Waals surface area contributed by atoms with Crippen molar-refractivity contribution in [1.29, 1.82) is 0 Å². The molecule has 0 fully saturated rings. The Morgan fingerprint density at radius 2 is 2.00 bits per heavy atom. The molecule has 8 heteroatoms. The van der Waals surface area contributed by atoms with Crippen molar-refractivity contribution in [3.8, 4) is 11.5 Å². The lowest BCUT2D eigenvalue weighted by molar-refractivity contribution is -0.117. The summed E-state index contributed by atoms with van der Waals surface area (Å²) in [4.78, 5) is 22.8. The molecule has 1 aromatic heterocycles. The highest BCUT2D eigenvalue weighted by Gasteiger charge is 2.13. The number of hydrogen-bond donors (Lipinski definition) is 2. The third-order valence-electron chi connectivity index (χ3n) is 3.08. The van der Waals surface area contributed by atoms with E-state index in [-0.39, 0.29) is 11.0 Å². The monoisotopic (exact) mass is 334 g/mol. The van der Waals surface area contributed by atoms with E-state index in [4.69, 9.17) is 4.42 Å². The molecule has 122 valence electrons. The van der Waals surface area contributed by atoms with Crippen molar-refractivity contribution < 1.29 is 14.0 Å². The fourth-order valence-electron chi connectivity index (χ4n) is 1.75. The first-order valence-electron chi connectivity index (χ1n) is 7.11. The number of aryl methyl sites for hydroxylation is 2. The number of nitrogens with one attached hydrogen (secondary N) is 2. The van der Waals surface area contributed by atoms with Crippen LogP contribution in [0.4, 0.5) is 4.79 Å². The second kappa shape index (κ2) is 7.77. The molecule has 0 spiro atoms. The molecule has 0 aliphatic heterocycles. The number of benzene rings is 1. The Morgan fingerprint density at radius 1 is 1.22 bits per heavy atom. The van der Waals surface area contributed by atoms with E-state index in [1.54, 1.807) is 6.92 Å². The van der Waals surface area contributed by atoms with Crippen LogP contribution in [-0.4, -0.2) is 34.4 Å². The minimum atomic E-state index is -0.514. The number of carbonyl (C=O) groups excluding carboxylic acids is 2. The van der Waals surface area contributed by atoms with Gasteiger partial charge in [-0.05, 0) is 44.0 Å². The first-order valence-corrected chi connectivity index (χ1v) is 8.09. The van der Waals surface area contributed by atoms with Crippen LogP contribution in [0.25, 0.3) is 11.5 Å². The smallest absolute Gasteiger partial charge is 0.321 e. The molecule has 2 aromatic rings. The van der Waals surface area contributed by atoms with Crippen molar-refractivity contribution in [3.63, 3.8) is 0 Å². The number of imide groups is 1. The van der Waals surface area contributed by atoms with Gasteiger partial charge >= 0.3 is 6.03 Å². The Morgan fingerprint density at radius 3 is 2.70 bits per heavy atom. The quantitative estimate of drug-likeness (QED) is 0.814. The van der Waals surface area contributed by atoms with Gasteiger partial charge in [0.2, 0.25) is 11.8 Å². The standard InChI is InChI=1S/C15H18N4O3S/c1-4-16-14(21)17-12(20)8-23-15-19-18-13(22-15)11-6-5-9(2)10(3)7-11/h5-7H,4,8H2,1-3H3,(H2,16,17,20,21). The van der Waals surface area contributed by atoms with Gasteiger partial charge in [0.1, 0.15) is 0 Å². The predicted molar refractivity (Wildman–Crippen MR) is 87.1 cm³/mol. The highest BCUT2D eigenvalue weighted by atomic mass is 32.2. The molecule has 0 saturated heterocycles. The minimum Gasteiger partial charge on any atom is -0.411 e. The van der Waals surface area contributed by atoms with Crippen LogP contribution in [0.15, 0.2) is 27.8 Å². The number of thioether (sulfide) groups is 1. The Kier molecular flexibility index (Phi) is 5.75. The third kappa shape index (κ3) is 4.82. The van der Waals surface area contributed by atoms with Crippen LogP contribution in [-0.2, 0) is 4.79 Å². The summed E-state index contributed by atoms with van der Waals surface area (Å²) in [7, 11) is 0. The number of rotatable bonds is 5. The van der Waals surface area contributed by atoms with Gasteiger partial charge < -0.3 is 9.73 Å². The van der Waals surface area contributed by atoms with Crippen LogP contribution in [0.5, 0.6) is 0 Å². The summed E-state index contributed by atoms with van der Waals surface area (Å²) in [6.07, 6.45) is 0. The van der Waals surface area contributed by atoms with Crippen molar-refractivity contribution in [2.75, 3.05) is 12.3 Å². The lowest BCUT2D eigenvalue weighted by Gasteiger charge is -2.02. The Balaban J connectivity index is 1.93. The number of hydrogen-bond acceptors (Lipinski definition) is 6. The average Bonchev–Trinajstić information content (AvgIpc) is 2.97. The fourth-order valence-corrected chi connectivity index (χ4v) is 2.32. The second-order valence-corrected chi connectivity index (χ2v) is 5.80. The number of carbonyl (C=O) groups is 2. The molecular weight excluding hydrogens is 316 g/mol. The molecule has 3 amide bonds. The van der Waals surface area contributed by atoms with Gasteiger partial charge in [0.25, 0.3) is 5.22 Å². The molecule has 0 aliphatic rings. The normalized spacial score (nSPS) is 10.4. The molecule has 0 atom stereocenters. The van der Waals surface area contributed by atoms with E-state index in [1.165, 1.54) is 5.56 Å². The van der Waals surface area contributed by atoms with Gasteiger partial charge in [0.05, 0.1) is 5.75 Å². The molecule has 1 aromatic carbocycles. The van der Waals surface area contributed by atoms with Gasteiger partial charge in [-0.25, -0.2) is 4.79 Å². The number of aromatic nitrogens is 2. The molecule has 0 bridgehead atoms. The summed E-state index contributed by atoms with van der Waals surface area (Å²) < 4.78 is 5.53. The summed E-state index contributed by atoms with van der Waals surface area (Å²) >= 11 is 1.08. The lowest BCUT2D eigenvalue weighted by Crippen LogP contribution is -2.40. The zero-order chi connectivity index (χ0) is 16.8. The van der Waals surface area contributed by atoms with Crippen molar-refractivity contribution in [1.82, 2.24) is 20.8 Å². The zero-order valence-corrected chi connectivity index (χ0v) is 14.0. The molecule has 2 rings (SSSR count). The molecule has 0 aliphatic carbocycles. The summed E-state index contributed by atoms with van der Waals surface area (Å²) in [5.41, 5.74) is 3.15. The van der Waals surface area contributed by atoms with E-state index in [0.717, 1.165) is 22.9 Å². The second-order valence-electron chi connectivity index (χ2n) is 4.87. The van der Waals surface area contributed by atoms with Crippen molar-refractivity contribution >= 4 is 23.7 Å². The number of amides is 3. The van der Waals surface area contributed by atoms with Crippen LogP contribution in [0.1, 0.15) is 18.1 Å². The van der Waals surface area contributed by atoms with Gasteiger partial charge in [0.15, 0.2) is 0 Å². The molecule has 23 heavy (non-hydrogen) atoms. The summed E-state index contributed by atoms with van der Waals surface area (Å²) in [5.74, 6) is -0.00212. The maximum Gasteiger partial charge on any atom is 0.321 e. The third-order valence-corrected chi connectivity index (χ3v) is 3.90. The van der Waals surface area contributed by atoms with Crippen LogP contribution in [0.2, 0.25) is 0 Å². The van der Waals surface area contributed by atoms with Gasteiger partial charge in [-0.1, -0.05) is 17.8 Å². The molecule has 2 N–H and O–H groups in total.